The molecule has 34 heavy (non-hydrogen) atoms. The quantitative estimate of drug-likeness (QED) is 0.418. The number of anilines is 3. The van der Waals surface area contributed by atoms with Crippen LogP contribution in [0.25, 0.3) is 10.9 Å². The van der Waals surface area contributed by atoms with Crippen molar-refractivity contribution in [3.63, 3.8) is 0 Å². The van der Waals surface area contributed by atoms with Gasteiger partial charge in [0.05, 0.1) is 27.5 Å². The number of carbonyl (C=O) groups excluding carboxylic acids is 1. The van der Waals surface area contributed by atoms with Gasteiger partial charge in [0, 0.05) is 32.0 Å². The highest BCUT2D eigenvalue weighted by molar-refractivity contribution is 6.31. The van der Waals surface area contributed by atoms with Gasteiger partial charge in [0.15, 0.2) is 5.82 Å². The maximum absolute atomic E-state index is 14.5. The third kappa shape index (κ3) is 4.87. The van der Waals surface area contributed by atoms with Crippen molar-refractivity contribution in [1.29, 1.82) is 0 Å². The van der Waals surface area contributed by atoms with Gasteiger partial charge in [0.1, 0.15) is 17.7 Å². The Hall–Kier alpha value is -3.51. The highest BCUT2D eigenvalue weighted by Gasteiger charge is 2.35. The van der Waals surface area contributed by atoms with E-state index in [9.17, 15) is 9.18 Å². The number of hydrogen-bond donors (Lipinski definition) is 2. The standard InChI is InChI=1S/C25H23ClFN5O2/c1-4-22(33)30-20-13-17-21(12-16(20)8-9-25(34-3)10-11-32(2)14-25)28-15-29-24(17)31-19-7-5-6-18(26)23(19)27/h4-7,12-13,15H,1,10-11,14H2,2-3H3,(H,30,33)(H,28,29,31). The van der Waals surface area contributed by atoms with Crippen LogP contribution in [0, 0.1) is 17.7 Å². The molecule has 4 rings (SSSR count). The summed E-state index contributed by atoms with van der Waals surface area (Å²) in [4.78, 5) is 22.9. The number of methoxy groups -OCH3 is 1. The summed E-state index contributed by atoms with van der Waals surface area (Å²) in [6.45, 7) is 5.07. The lowest BCUT2D eigenvalue weighted by atomic mass is 10.0. The maximum Gasteiger partial charge on any atom is 0.247 e. The van der Waals surface area contributed by atoms with E-state index in [2.05, 4.69) is 43.9 Å². The molecule has 0 spiro atoms. The van der Waals surface area contributed by atoms with Crippen molar-refractivity contribution < 1.29 is 13.9 Å². The summed E-state index contributed by atoms with van der Waals surface area (Å²) >= 11 is 5.91. The van der Waals surface area contributed by atoms with Crippen molar-refractivity contribution in [3.05, 3.63) is 65.7 Å². The molecule has 9 heteroatoms. The van der Waals surface area contributed by atoms with E-state index in [1.54, 1.807) is 31.4 Å². The fourth-order valence-electron chi connectivity index (χ4n) is 3.79. The number of benzene rings is 2. The Morgan fingerprint density at radius 3 is 2.88 bits per heavy atom. The zero-order valence-electron chi connectivity index (χ0n) is 18.8. The number of halogens is 2. The van der Waals surface area contributed by atoms with Gasteiger partial charge in [-0.15, -0.1) is 0 Å². The van der Waals surface area contributed by atoms with Crippen LogP contribution < -0.4 is 10.6 Å². The molecule has 1 aromatic heterocycles. The minimum absolute atomic E-state index is 0.00973. The average molecular weight is 480 g/mol. The lowest BCUT2D eigenvalue weighted by Crippen LogP contribution is -2.32. The van der Waals surface area contributed by atoms with Gasteiger partial charge in [0.2, 0.25) is 5.91 Å². The Kier molecular flexibility index (Phi) is 6.80. The molecule has 3 aromatic rings. The van der Waals surface area contributed by atoms with Gasteiger partial charge < -0.3 is 20.3 Å². The number of hydrogen-bond acceptors (Lipinski definition) is 6. The van der Waals surface area contributed by atoms with Gasteiger partial charge in [0.25, 0.3) is 0 Å². The second-order valence-electron chi connectivity index (χ2n) is 7.99. The Morgan fingerprint density at radius 2 is 2.18 bits per heavy atom. The first kappa shape index (κ1) is 23.6. The predicted octanol–water partition coefficient (Wildman–Crippen LogP) is 4.36. The first-order valence-corrected chi connectivity index (χ1v) is 10.9. The highest BCUT2D eigenvalue weighted by atomic mass is 35.5. The maximum atomic E-state index is 14.5. The number of nitrogens with one attached hydrogen (secondary N) is 2. The number of ether oxygens (including phenoxy) is 1. The molecule has 0 radical (unpaired) electrons. The zero-order chi connectivity index (χ0) is 24.3. The summed E-state index contributed by atoms with van der Waals surface area (Å²) in [5.74, 6) is 5.78. The molecule has 0 saturated carbocycles. The topological polar surface area (TPSA) is 79.4 Å². The number of likely N-dealkylation sites (tertiary alicyclic amines) is 1. The van der Waals surface area contributed by atoms with Gasteiger partial charge in [-0.25, -0.2) is 14.4 Å². The third-order valence-corrected chi connectivity index (χ3v) is 5.95. The van der Waals surface area contributed by atoms with Crippen molar-refractivity contribution in [2.24, 2.45) is 0 Å². The second-order valence-corrected chi connectivity index (χ2v) is 8.40. The summed E-state index contributed by atoms with van der Waals surface area (Å²) in [6.07, 6.45) is 3.32. The second kappa shape index (κ2) is 9.77. The molecule has 1 unspecified atom stereocenters. The lowest BCUT2D eigenvalue weighted by Gasteiger charge is -2.20. The number of fused-ring (bicyclic) bond motifs is 1. The van der Waals surface area contributed by atoms with Crippen molar-refractivity contribution >= 4 is 45.6 Å². The van der Waals surface area contributed by atoms with Crippen LogP contribution in [0.2, 0.25) is 5.02 Å². The summed E-state index contributed by atoms with van der Waals surface area (Å²) in [5.41, 5.74) is 1.15. The van der Waals surface area contributed by atoms with Crippen molar-refractivity contribution in [1.82, 2.24) is 14.9 Å². The molecule has 0 bridgehead atoms. The smallest absolute Gasteiger partial charge is 0.247 e. The lowest BCUT2D eigenvalue weighted by molar-refractivity contribution is -0.111. The normalized spacial score (nSPS) is 17.8. The first-order valence-electron chi connectivity index (χ1n) is 10.5. The van der Waals surface area contributed by atoms with Gasteiger partial charge in [-0.2, -0.15) is 0 Å². The fraction of sp³-hybridized carbons (Fsp3) is 0.240. The minimum Gasteiger partial charge on any atom is -0.364 e. The zero-order valence-corrected chi connectivity index (χ0v) is 19.5. The number of amides is 1. The Morgan fingerprint density at radius 1 is 1.35 bits per heavy atom. The Labute approximate surface area is 202 Å². The fourth-order valence-corrected chi connectivity index (χ4v) is 3.96. The molecule has 1 aliphatic rings. The monoisotopic (exact) mass is 479 g/mol. The first-order chi connectivity index (χ1) is 16.3. The van der Waals surface area contributed by atoms with Crippen LogP contribution in [-0.4, -0.2) is 53.6 Å². The van der Waals surface area contributed by atoms with E-state index in [0.717, 1.165) is 13.0 Å². The van der Waals surface area contributed by atoms with Gasteiger partial charge in [-0.05, 0) is 37.4 Å². The van der Waals surface area contributed by atoms with Crippen LogP contribution in [0.3, 0.4) is 0 Å². The van der Waals surface area contributed by atoms with Crippen LogP contribution in [-0.2, 0) is 9.53 Å². The average Bonchev–Trinajstić information content (AvgIpc) is 3.22. The van der Waals surface area contributed by atoms with Crippen molar-refractivity contribution in [2.45, 2.75) is 12.0 Å². The van der Waals surface area contributed by atoms with Gasteiger partial charge in [-0.1, -0.05) is 36.1 Å². The van der Waals surface area contributed by atoms with Crippen LogP contribution in [0.5, 0.6) is 0 Å². The summed E-state index contributed by atoms with van der Waals surface area (Å²) < 4.78 is 20.2. The predicted molar refractivity (Wildman–Crippen MR) is 132 cm³/mol. The van der Waals surface area contributed by atoms with E-state index >= 15 is 0 Å². The van der Waals surface area contributed by atoms with Crippen LogP contribution in [0.4, 0.5) is 21.6 Å². The van der Waals surface area contributed by atoms with E-state index in [-0.39, 0.29) is 10.7 Å². The number of likely N-dealkylation sites (N-methyl/N-ethyl adjacent to an activating group) is 1. The molecule has 1 aliphatic heterocycles. The SMILES string of the molecule is C=CC(=O)Nc1cc2c(Nc3cccc(Cl)c3F)ncnc2cc1C#CC1(OC)CCN(C)C1. The Balaban J connectivity index is 1.80. The molecule has 2 heterocycles. The van der Waals surface area contributed by atoms with Gasteiger partial charge in [-0.3, -0.25) is 4.79 Å². The molecule has 174 valence electrons. The van der Waals surface area contributed by atoms with E-state index in [1.165, 1.54) is 18.5 Å². The minimum atomic E-state index is -0.593. The van der Waals surface area contributed by atoms with E-state index < -0.39 is 17.3 Å². The molecular formula is C25H23ClFN5O2. The molecule has 1 fully saturated rings. The van der Waals surface area contributed by atoms with E-state index in [1.807, 2.05) is 7.05 Å². The number of rotatable bonds is 5. The van der Waals surface area contributed by atoms with Crippen LogP contribution in [0.15, 0.2) is 49.3 Å². The summed E-state index contributed by atoms with van der Waals surface area (Å²) in [7, 11) is 3.66. The molecule has 1 saturated heterocycles. The molecule has 7 nitrogen and oxygen atoms in total. The summed E-state index contributed by atoms with van der Waals surface area (Å²) in [5, 5.41) is 6.31. The number of nitrogens with zero attached hydrogens (tertiary/aromatic N) is 3. The largest absolute Gasteiger partial charge is 0.364 e. The molecule has 2 N–H and O–H groups in total. The number of carbonyl (C=O) groups is 1. The molecule has 0 aliphatic carbocycles. The van der Waals surface area contributed by atoms with Gasteiger partial charge >= 0.3 is 0 Å². The molecule has 1 atom stereocenters. The Bertz CT molecular complexity index is 1340. The number of aromatic nitrogens is 2. The van der Waals surface area contributed by atoms with E-state index in [0.29, 0.717) is 34.5 Å². The van der Waals surface area contributed by atoms with E-state index in [4.69, 9.17) is 16.3 Å². The summed E-state index contributed by atoms with van der Waals surface area (Å²) in [6, 6.07) is 8.10. The highest BCUT2D eigenvalue weighted by Crippen LogP contribution is 2.31. The van der Waals surface area contributed by atoms with Crippen molar-refractivity contribution in [2.75, 3.05) is 37.9 Å². The van der Waals surface area contributed by atoms with Crippen molar-refractivity contribution in [3.8, 4) is 11.8 Å². The molecule has 2 aromatic carbocycles. The van der Waals surface area contributed by atoms with Crippen LogP contribution in [0.1, 0.15) is 12.0 Å². The molecule has 1 amide bonds. The molecular weight excluding hydrogens is 457 g/mol. The van der Waals surface area contributed by atoms with Crippen LogP contribution >= 0.6 is 11.6 Å². The third-order valence-electron chi connectivity index (χ3n) is 5.66.